The number of benzene rings is 2. The summed E-state index contributed by atoms with van der Waals surface area (Å²) < 4.78 is 10.7. The van der Waals surface area contributed by atoms with Gasteiger partial charge in [0.1, 0.15) is 11.5 Å². The molecular weight excluding hydrogens is 328 g/mol. The molecule has 0 unspecified atom stereocenters. The predicted octanol–water partition coefficient (Wildman–Crippen LogP) is 5.16. The topological polar surface area (TPSA) is 52.6 Å². The van der Waals surface area contributed by atoms with Crippen molar-refractivity contribution in [2.24, 2.45) is 0 Å². The highest BCUT2D eigenvalue weighted by molar-refractivity contribution is 5.73. The maximum absolute atomic E-state index is 11.8. The number of carbonyl (C=O) groups excluding carboxylic acids is 2. The third kappa shape index (κ3) is 6.71. The second-order valence-electron chi connectivity index (χ2n) is 6.39. The average molecular weight is 354 g/mol. The summed E-state index contributed by atoms with van der Waals surface area (Å²) in [5.41, 5.74) is 1.90. The number of hydrogen-bond acceptors (Lipinski definition) is 4. The molecule has 0 saturated carbocycles. The van der Waals surface area contributed by atoms with Gasteiger partial charge in [-0.3, -0.25) is 9.59 Å². The molecule has 0 heterocycles. The van der Waals surface area contributed by atoms with Gasteiger partial charge in [-0.05, 0) is 49.9 Å². The Morgan fingerprint density at radius 2 is 1.04 bits per heavy atom. The van der Waals surface area contributed by atoms with E-state index in [1.54, 1.807) is 12.1 Å². The zero-order valence-corrected chi connectivity index (χ0v) is 15.5. The quantitative estimate of drug-likeness (QED) is 0.355. The number of hydrogen-bond donors (Lipinski definition) is 0. The van der Waals surface area contributed by atoms with Crippen LogP contribution in [-0.4, -0.2) is 11.9 Å². The molecule has 2 aromatic rings. The van der Waals surface area contributed by atoms with Crippen molar-refractivity contribution in [2.75, 3.05) is 0 Å². The first-order valence-corrected chi connectivity index (χ1v) is 9.09. The van der Waals surface area contributed by atoms with Gasteiger partial charge in [0.15, 0.2) is 0 Å². The molecule has 4 heteroatoms. The van der Waals surface area contributed by atoms with Gasteiger partial charge in [0.2, 0.25) is 0 Å². The van der Waals surface area contributed by atoms with Gasteiger partial charge in [-0.2, -0.15) is 0 Å². The summed E-state index contributed by atoms with van der Waals surface area (Å²) in [5.74, 6) is 0.824. The molecule has 0 aromatic heterocycles. The molecule has 0 amide bonds. The molecule has 0 atom stereocenters. The smallest absolute Gasteiger partial charge is 0.311 e. The van der Waals surface area contributed by atoms with Crippen molar-refractivity contribution in [3.05, 3.63) is 59.7 Å². The standard InChI is InChI=1S/C22H26O4/c1-17-11-7-9-13-19(17)25-21(23)15-5-3-4-6-16-22(24)26-20-14-10-8-12-18(20)2/h7-14H,3-6,15-16H2,1-2H3. The van der Waals surface area contributed by atoms with E-state index in [1.165, 1.54) is 0 Å². The molecule has 0 aliphatic rings. The van der Waals surface area contributed by atoms with Crippen molar-refractivity contribution in [1.82, 2.24) is 0 Å². The van der Waals surface area contributed by atoms with Gasteiger partial charge in [0.05, 0.1) is 0 Å². The van der Waals surface area contributed by atoms with Crippen LogP contribution in [-0.2, 0) is 9.59 Å². The van der Waals surface area contributed by atoms with Crippen LogP contribution >= 0.6 is 0 Å². The maximum atomic E-state index is 11.8. The molecule has 2 aromatic carbocycles. The van der Waals surface area contributed by atoms with Crippen LogP contribution in [0.4, 0.5) is 0 Å². The van der Waals surface area contributed by atoms with Crippen LogP contribution in [0.25, 0.3) is 0 Å². The summed E-state index contributed by atoms with van der Waals surface area (Å²) in [4.78, 5) is 23.7. The molecule has 26 heavy (non-hydrogen) atoms. The molecule has 0 fully saturated rings. The summed E-state index contributed by atoms with van der Waals surface area (Å²) in [5, 5.41) is 0. The number of unbranched alkanes of at least 4 members (excludes halogenated alkanes) is 3. The highest BCUT2D eigenvalue weighted by Gasteiger charge is 2.08. The summed E-state index contributed by atoms with van der Waals surface area (Å²) in [6, 6.07) is 15.0. The zero-order valence-electron chi connectivity index (χ0n) is 15.5. The van der Waals surface area contributed by atoms with E-state index < -0.39 is 0 Å². The van der Waals surface area contributed by atoms with E-state index in [0.29, 0.717) is 24.3 Å². The summed E-state index contributed by atoms with van der Waals surface area (Å²) in [7, 11) is 0. The summed E-state index contributed by atoms with van der Waals surface area (Å²) in [6.45, 7) is 3.83. The van der Waals surface area contributed by atoms with Gasteiger partial charge in [0.25, 0.3) is 0 Å². The molecule has 0 N–H and O–H groups in total. The van der Waals surface area contributed by atoms with E-state index in [2.05, 4.69) is 0 Å². The van der Waals surface area contributed by atoms with E-state index in [9.17, 15) is 9.59 Å². The second-order valence-corrected chi connectivity index (χ2v) is 6.39. The van der Waals surface area contributed by atoms with Crippen LogP contribution in [0.2, 0.25) is 0 Å². The Morgan fingerprint density at radius 3 is 1.42 bits per heavy atom. The van der Waals surface area contributed by atoms with Crippen LogP contribution in [0.1, 0.15) is 49.7 Å². The van der Waals surface area contributed by atoms with E-state index in [1.807, 2.05) is 50.2 Å². The maximum Gasteiger partial charge on any atom is 0.311 e. The Kier molecular flexibility index (Phi) is 7.87. The average Bonchev–Trinajstić information content (AvgIpc) is 2.62. The lowest BCUT2D eigenvalue weighted by Gasteiger charge is -2.07. The highest BCUT2D eigenvalue weighted by atomic mass is 16.5. The van der Waals surface area contributed by atoms with Gasteiger partial charge >= 0.3 is 11.9 Å². The monoisotopic (exact) mass is 354 g/mol. The van der Waals surface area contributed by atoms with E-state index >= 15 is 0 Å². The van der Waals surface area contributed by atoms with Crippen molar-refractivity contribution < 1.29 is 19.1 Å². The van der Waals surface area contributed by atoms with Crippen LogP contribution in [0.5, 0.6) is 11.5 Å². The fourth-order valence-corrected chi connectivity index (χ4v) is 2.58. The van der Waals surface area contributed by atoms with Crippen molar-refractivity contribution in [2.45, 2.75) is 52.4 Å². The molecule has 0 aliphatic heterocycles. The molecule has 2 rings (SSSR count). The number of ether oxygens (including phenoxy) is 2. The minimum Gasteiger partial charge on any atom is -0.426 e. The van der Waals surface area contributed by atoms with E-state index in [-0.39, 0.29) is 11.9 Å². The minimum atomic E-state index is -0.210. The molecule has 0 radical (unpaired) electrons. The fourth-order valence-electron chi connectivity index (χ4n) is 2.58. The fraction of sp³-hybridized carbons (Fsp3) is 0.364. The van der Waals surface area contributed by atoms with Gasteiger partial charge < -0.3 is 9.47 Å². The van der Waals surface area contributed by atoms with E-state index in [4.69, 9.17) is 9.47 Å². The first-order valence-electron chi connectivity index (χ1n) is 9.09. The molecule has 4 nitrogen and oxygen atoms in total. The first-order chi connectivity index (χ1) is 12.6. The van der Waals surface area contributed by atoms with Crippen molar-refractivity contribution >= 4 is 11.9 Å². The van der Waals surface area contributed by atoms with Crippen LogP contribution in [0.15, 0.2) is 48.5 Å². The first kappa shape index (κ1) is 19.7. The van der Waals surface area contributed by atoms with Crippen molar-refractivity contribution in [1.29, 1.82) is 0 Å². The largest absolute Gasteiger partial charge is 0.426 e. The van der Waals surface area contributed by atoms with Crippen LogP contribution in [0, 0.1) is 13.8 Å². The Balaban J connectivity index is 1.56. The summed E-state index contributed by atoms with van der Waals surface area (Å²) in [6.07, 6.45) is 4.08. The third-order valence-corrected chi connectivity index (χ3v) is 4.15. The SMILES string of the molecule is Cc1ccccc1OC(=O)CCCCCCC(=O)Oc1ccccc1C. The highest BCUT2D eigenvalue weighted by Crippen LogP contribution is 2.18. The van der Waals surface area contributed by atoms with E-state index in [0.717, 1.165) is 36.8 Å². The molecular formula is C22H26O4. The molecule has 0 saturated heterocycles. The van der Waals surface area contributed by atoms with Gasteiger partial charge in [-0.1, -0.05) is 49.2 Å². The van der Waals surface area contributed by atoms with Gasteiger partial charge in [-0.25, -0.2) is 0 Å². The van der Waals surface area contributed by atoms with Crippen molar-refractivity contribution in [3.8, 4) is 11.5 Å². The Labute approximate surface area is 155 Å². The van der Waals surface area contributed by atoms with Crippen LogP contribution < -0.4 is 9.47 Å². The lowest BCUT2D eigenvalue weighted by Crippen LogP contribution is -2.09. The lowest BCUT2D eigenvalue weighted by molar-refractivity contribution is -0.135. The Bertz CT molecular complexity index is 673. The molecule has 0 bridgehead atoms. The molecule has 138 valence electrons. The predicted molar refractivity (Wildman–Crippen MR) is 101 cm³/mol. The normalized spacial score (nSPS) is 10.4. The number of esters is 2. The number of aryl methyl sites for hydroxylation is 2. The lowest BCUT2D eigenvalue weighted by atomic mass is 10.1. The van der Waals surface area contributed by atoms with Crippen molar-refractivity contribution in [3.63, 3.8) is 0 Å². The zero-order chi connectivity index (χ0) is 18.8. The number of para-hydroxylation sites is 2. The molecule has 0 spiro atoms. The summed E-state index contributed by atoms with van der Waals surface area (Å²) >= 11 is 0. The van der Waals surface area contributed by atoms with Gasteiger partial charge in [-0.15, -0.1) is 0 Å². The Morgan fingerprint density at radius 1 is 0.654 bits per heavy atom. The minimum absolute atomic E-state index is 0.210. The van der Waals surface area contributed by atoms with Crippen LogP contribution in [0.3, 0.4) is 0 Å². The second kappa shape index (κ2) is 10.4. The third-order valence-electron chi connectivity index (χ3n) is 4.15. The molecule has 0 aliphatic carbocycles. The Hall–Kier alpha value is -2.62. The van der Waals surface area contributed by atoms with Gasteiger partial charge in [0, 0.05) is 12.8 Å². The number of carbonyl (C=O) groups is 2. The number of rotatable bonds is 9.